The Morgan fingerprint density at radius 2 is 0.909 bits per heavy atom. The van der Waals surface area contributed by atoms with Gasteiger partial charge in [-0.2, -0.15) is 18.2 Å². The maximum absolute atomic E-state index is 3.21. The molecule has 0 fully saturated rings. The van der Waals surface area contributed by atoms with E-state index < -0.39 is 0 Å². The van der Waals surface area contributed by atoms with Crippen LogP contribution in [-0.2, 0) is 0 Å². The first kappa shape index (κ1) is 21.7. The molecule has 0 aliphatic heterocycles. The standard InChI is InChI=1S/3C7H9.Dy/c3*1-2-7-5-3-4-6-7;/h3*3,5H,2,4H2,1H3;/q3*-1;+3. The zero-order valence-corrected chi connectivity index (χ0v) is 16.1. The fourth-order valence-electron chi connectivity index (χ4n) is 2.08. The van der Waals surface area contributed by atoms with Crippen molar-refractivity contribution in [2.24, 2.45) is 0 Å². The zero-order chi connectivity index (χ0) is 15.3. The Morgan fingerprint density at radius 3 is 1.00 bits per heavy atom. The Bertz CT molecular complexity index is 399. The van der Waals surface area contributed by atoms with Crippen LogP contribution in [0.4, 0.5) is 0 Å². The van der Waals surface area contributed by atoms with Gasteiger partial charge in [0, 0.05) is 0 Å². The fourth-order valence-corrected chi connectivity index (χ4v) is 2.08. The summed E-state index contributed by atoms with van der Waals surface area (Å²) in [4.78, 5) is 0. The number of allylic oxidation sites excluding steroid dienone is 12. The van der Waals surface area contributed by atoms with Gasteiger partial charge < -0.3 is 0 Å². The molecule has 0 unspecified atom stereocenters. The van der Waals surface area contributed by atoms with Gasteiger partial charge in [-0.3, -0.25) is 18.2 Å². The third kappa shape index (κ3) is 9.67. The van der Waals surface area contributed by atoms with Gasteiger partial charge in [-0.15, -0.1) is 19.3 Å². The van der Waals surface area contributed by atoms with E-state index in [0.29, 0.717) is 0 Å². The second kappa shape index (κ2) is 14.3. The second-order valence-electron chi connectivity index (χ2n) is 4.99. The van der Waals surface area contributed by atoms with Crippen molar-refractivity contribution in [1.82, 2.24) is 0 Å². The summed E-state index contributed by atoms with van der Waals surface area (Å²) in [6, 6.07) is 0. The van der Waals surface area contributed by atoms with Gasteiger partial charge in [0.15, 0.2) is 0 Å². The SMILES string of the molecule is CCC1=[C-]CC=C1.CCC1=[C-]CC=C1.CCC1=[C-]CC=C1.[Dy+3]. The molecular weight excluding hydrogens is 415 g/mol. The predicted octanol–water partition coefficient (Wildman–Crippen LogP) is 6.26. The number of rotatable bonds is 3. The molecule has 22 heavy (non-hydrogen) atoms. The van der Waals surface area contributed by atoms with Crippen LogP contribution in [0.15, 0.2) is 53.2 Å². The molecule has 0 aromatic heterocycles. The van der Waals surface area contributed by atoms with Crippen LogP contribution >= 0.6 is 0 Å². The summed E-state index contributed by atoms with van der Waals surface area (Å²) in [5.74, 6) is 0. The Kier molecular flexibility index (Phi) is 14.1. The van der Waals surface area contributed by atoms with E-state index in [4.69, 9.17) is 0 Å². The second-order valence-corrected chi connectivity index (χ2v) is 4.99. The molecule has 1 heteroatoms. The van der Waals surface area contributed by atoms with Crippen molar-refractivity contribution in [3.8, 4) is 0 Å². The van der Waals surface area contributed by atoms with Crippen LogP contribution in [0.25, 0.3) is 0 Å². The Labute approximate surface area is 167 Å². The maximum Gasteiger partial charge on any atom is 3.00 e. The molecule has 0 saturated heterocycles. The monoisotopic (exact) mass is 443 g/mol. The molecule has 3 aliphatic rings. The van der Waals surface area contributed by atoms with E-state index in [0.717, 1.165) is 38.5 Å². The van der Waals surface area contributed by atoms with Crippen LogP contribution in [0.5, 0.6) is 0 Å². The summed E-state index contributed by atoms with van der Waals surface area (Å²) >= 11 is 0. The average molecular weight is 442 g/mol. The average Bonchev–Trinajstić information content (AvgIpc) is 3.31. The molecule has 0 heterocycles. The van der Waals surface area contributed by atoms with E-state index in [2.05, 4.69) is 75.5 Å². The topological polar surface area (TPSA) is 0 Å². The Hall–Kier alpha value is -0.287. The first-order valence-electron chi connectivity index (χ1n) is 8.08. The van der Waals surface area contributed by atoms with Gasteiger partial charge in [0.2, 0.25) is 0 Å². The fraction of sp³-hybridized carbons (Fsp3) is 0.429. The minimum atomic E-state index is 0. The molecule has 0 saturated carbocycles. The van der Waals surface area contributed by atoms with Gasteiger partial charge >= 0.3 is 38.2 Å². The normalized spacial score (nSPS) is 16.8. The summed E-state index contributed by atoms with van der Waals surface area (Å²) in [5.41, 5.74) is 4.08. The van der Waals surface area contributed by atoms with Gasteiger partial charge in [0.1, 0.15) is 0 Å². The molecule has 0 amide bonds. The molecule has 0 spiro atoms. The molecule has 0 nitrogen and oxygen atoms in total. The summed E-state index contributed by atoms with van der Waals surface area (Å²) in [5, 5.41) is 0. The minimum absolute atomic E-state index is 0. The van der Waals surface area contributed by atoms with Crippen LogP contribution in [0, 0.1) is 56.4 Å². The number of hydrogen-bond acceptors (Lipinski definition) is 0. The van der Waals surface area contributed by atoms with Crippen LogP contribution < -0.4 is 0 Å². The Balaban J connectivity index is 0.000000294. The quantitative estimate of drug-likeness (QED) is 0.453. The van der Waals surface area contributed by atoms with E-state index in [1.807, 2.05) is 0 Å². The Morgan fingerprint density at radius 1 is 0.636 bits per heavy atom. The first-order valence-corrected chi connectivity index (χ1v) is 8.08. The molecule has 3 aliphatic carbocycles. The van der Waals surface area contributed by atoms with E-state index >= 15 is 0 Å². The van der Waals surface area contributed by atoms with E-state index in [1.54, 1.807) is 0 Å². The van der Waals surface area contributed by atoms with E-state index in [-0.39, 0.29) is 38.2 Å². The van der Waals surface area contributed by atoms with Crippen molar-refractivity contribution in [3.63, 3.8) is 0 Å². The van der Waals surface area contributed by atoms with Crippen molar-refractivity contribution in [2.75, 3.05) is 0 Å². The van der Waals surface area contributed by atoms with Gasteiger partial charge in [0.25, 0.3) is 0 Å². The molecule has 0 bridgehead atoms. The van der Waals surface area contributed by atoms with Gasteiger partial charge in [0.05, 0.1) is 0 Å². The molecule has 0 atom stereocenters. The van der Waals surface area contributed by atoms with Crippen molar-refractivity contribution < 1.29 is 38.2 Å². The summed E-state index contributed by atoms with van der Waals surface area (Å²) in [6.07, 6.45) is 29.0. The summed E-state index contributed by atoms with van der Waals surface area (Å²) in [6.45, 7) is 6.45. The maximum atomic E-state index is 3.21. The van der Waals surface area contributed by atoms with Crippen LogP contribution in [0.2, 0.25) is 0 Å². The molecule has 121 valence electrons. The molecule has 3 rings (SSSR count). The zero-order valence-electron chi connectivity index (χ0n) is 14.0. The third-order valence-electron chi connectivity index (χ3n) is 3.44. The molecule has 0 N–H and O–H groups in total. The molecule has 0 aromatic rings. The third-order valence-corrected chi connectivity index (χ3v) is 3.44. The van der Waals surface area contributed by atoms with Crippen molar-refractivity contribution in [3.05, 3.63) is 71.4 Å². The smallest absolute Gasteiger partial charge is 0.270 e. The van der Waals surface area contributed by atoms with Gasteiger partial charge in [-0.1, -0.05) is 40.0 Å². The van der Waals surface area contributed by atoms with Crippen LogP contribution in [0.3, 0.4) is 0 Å². The van der Waals surface area contributed by atoms with Crippen LogP contribution in [-0.4, -0.2) is 0 Å². The number of hydrogen-bond donors (Lipinski definition) is 0. The van der Waals surface area contributed by atoms with E-state index in [1.165, 1.54) is 16.7 Å². The molecular formula is C21H27Dy. The predicted molar refractivity (Wildman–Crippen MR) is 92.4 cm³/mol. The van der Waals surface area contributed by atoms with E-state index in [9.17, 15) is 0 Å². The largest absolute Gasteiger partial charge is 3.00 e. The van der Waals surface area contributed by atoms with Crippen molar-refractivity contribution in [1.29, 1.82) is 0 Å². The molecule has 1 radical (unpaired) electrons. The minimum Gasteiger partial charge on any atom is -0.270 e. The summed E-state index contributed by atoms with van der Waals surface area (Å²) in [7, 11) is 0. The van der Waals surface area contributed by atoms with Crippen molar-refractivity contribution in [2.45, 2.75) is 59.3 Å². The van der Waals surface area contributed by atoms with Crippen LogP contribution in [0.1, 0.15) is 59.3 Å². The molecule has 0 aromatic carbocycles. The van der Waals surface area contributed by atoms with Gasteiger partial charge in [-0.25, -0.2) is 34.9 Å². The van der Waals surface area contributed by atoms with Crippen molar-refractivity contribution >= 4 is 0 Å². The van der Waals surface area contributed by atoms with Gasteiger partial charge in [-0.05, 0) is 0 Å². The first-order chi connectivity index (χ1) is 10.3. The summed E-state index contributed by atoms with van der Waals surface area (Å²) < 4.78 is 0.